The van der Waals surface area contributed by atoms with E-state index >= 15 is 0 Å². The van der Waals surface area contributed by atoms with E-state index in [0.29, 0.717) is 13.0 Å². The molecule has 0 radical (unpaired) electrons. The number of nitrogens with two attached hydrogens (primary N) is 1. The molecule has 0 saturated carbocycles. The van der Waals surface area contributed by atoms with E-state index in [2.05, 4.69) is 9.84 Å². The molecule has 1 heterocycles. The van der Waals surface area contributed by atoms with Crippen molar-refractivity contribution in [2.45, 2.75) is 38.0 Å². The summed E-state index contributed by atoms with van der Waals surface area (Å²) in [5.41, 5.74) is 5.25. The van der Waals surface area contributed by atoms with E-state index in [-0.39, 0.29) is 0 Å². The maximum atomic E-state index is 11.7. The summed E-state index contributed by atoms with van der Waals surface area (Å²) in [5.74, 6) is -1.48. The summed E-state index contributed by atoms with van der Waals surface area (Å²) in [5, 5.41) is 2.87. The molecule has 1 aliphatic rings. The Morgan fingerprint density at radius 3 is 2.80 bits per heavy atom. The second kappa shape index (κ2) is 5.07. The number of piperidine rings is 1. The zero-order valence-electron chi connectivity index (χ0n) is 8.68. The summed E-state index contributed by atoms with van der Waals surface area (Å²) in [4.78, 5) is 20.6. The van der Waals surface area contributed by atoms with Gasteiger partial charge in [0.25, 0.3) is 0 Å². The van der Waals surface area contributed by atoms with Crippen molar-refractivity contribution < 1.29 is 18.8 Å². The van der Waals surface area contributed by atoms with Gasteiger partial charge in [0.05, 0.1) is 0 Å². The molecule has 0 aliphatic carbocycles. The molecule has 2 unspecified atom stereocenters. The van der Waals surface area contributed by atoms with E-state index in [1.54, 1.807) is 0 Å². The number of rotatable bonds is 3. The summed E-state index contributed by atoms with van der Waals surface area (Å²) in [6, 6.07) is -0.880. The molecule has 0 aromatic heterocycles. The summed E-state index contributed by atoms with van der Waals surface area (Å²) >= 11 is 0. The van der Waals surface area contributed by atoms with Gasteiger partial charge in [-0.3, -0.25) is 4.79 Å². The molecular weight excluding hydrogens is 219 g/mol. The number of carbonyl (C=O) groups excluding carboxylic acids is 1. The van der Waals surface area contributed by atoms with Crippen LogP contribution in [0, 0.1) is 0 Å². The van der Waals surface area contributed by atoms with Crippen molar-refractivity contribution >= 4 is 13.6 Å². The Labute approximate surface area is 88.7 Å². The van der Waals surface area contributed by atoms with Gasteiger partial charge < -0.3 is 20.5 Å². The average Bonchev–Trinajstić information content (AvgIpc) is 2.18. The minimum Gasteiger partial charge on any atom is -0.390 e. The number of carbonyl (C=O) groups is 1. The van der Waals surface area contributed by atoms with E-state index in [0.717, 1.165) is 12.8 Å². The second-order valence-corrected chi connectivity index (χ2v) is 5.66. The van der Waals surface area contributed by atoms with Crippen LogP contribution in [-0.2, 0) is 13.9 Å². The van der Waals surface area contributed by atoms with Gasteiger partial charge >= 0.3 is 13.6 Å². The monoisotopic (exact) mass is 236 g/mol. The first-order valence-corrected chi connectivity index (χ1v) is 6.63. The van der Waals surface area contributed by atoms with Crippen LogP contribution in [0.5, 0.6) is 0 Å². The molecule has 7 heteroatoms. The molecule has 6 nitrogen and oxygen atoms in total. The molecule has 1 aliphatic heterocycles. The standard InChI is InChI=1S/C8H17N2O4P/c1-6(9)8(11)14-15(12,13)7-4-2-3-5-10-7/h6-7,10H,2-5,9H2,1H3,(H,12,13)/t6-,7?/m0/s1. The van der Waals surface area contributed by atoms with E-state index in [1.807, 2.05) is 0 Å². The average molecular weight is 236 g/mol. The third-order valence-electron chi connectivity index (χ3n) is 2.27. The molecular formula is C8H17N2O4P. The Bertz CT molecular complexity index is 276. The maximum absolute atomic E-state index is 11.7. The molecule has 4 N–H and O–H groups in total. The lowest BCUT2D eigenvalue weighted by atomic mass is 10.2. The SMILES string of the molecule is C[C@H](N)C(=O)OP(=O)(O)C1CCCCN1. The third kappa shape index (κ3) is 3.57. The Morgan fingerprint density at radius 2 is 2.33 bits per heavy atom. The molecule has 1 rings (SSSR count). The first-order chi connectivity index (χ1) is 6.93. The van der Waals surface area contributed by atoms with Gasteiger partial charge in [0.2, 0.25) is 0 Å². The van der Waals surface area contributed by atoms with Gasteiger partial charge in [-0.25, -0.2) is 4.57 Å². The molecule has 88 valence electrons. The molecule has 0 amide bonds. The molecule has 3 atom stereocenters. The Hall–Kier alpha value is -0.420. The van der Waals surface area contributed by atoms with Crippen LogP contribution in [0.15, 0.2) is 0 Å². The third-order valence-corrected chi connectivity index (χ3v) is 3.94. The van der Waals surface area contributed by atoms with Gasteiger partial charge in [-0.2, -0.15) is 0 Å². The van der Waals surface area contributed by atoms with Gasteiger partial charge in [-0.1, -0.05) is 0 Å². The molecule has 1 saturated heterocycles. The number of nitrogens with one attached hydrogen (secondary N) is 1. The molecule has 1 fully saturated rings. The highest BCUT2D eigenvalue weighted by atomic mass is 31.2. The second-order valence-electron chi connectivity index (χ2n) is 3.73. The van der Waals surface area contributed by atoms with Crippen LogP contribution in [0.25, 0.3) is 0 Å². The topological polar surface area (TPSA) is 102 Å². The first kappa shape index (κ1) is 12.6. The van der Waals surface area contributed by atoms with Crippen LogP contribution in [0.3, 0.4) is 0 Å². The van der Waals surface area contributed by atoms with Crippen molar-refractivity contribution in [2.75, 3.05) is 6.54 Å². The Balaban J connectivity index is 2.57. The van der Waals surface area contributed by atoms with Crippen LogP contribution in [0.1, 0.15) is 26.2 Å². The zero-order valence-corrected chi connectivity index (χ0v) is 9.57. The van der Waals surface area contributed by atoms with Crippen LogP contribution in [0.4, 0.5) is 0 Å². The summed E-state index contributed by atoms with van der Waals surface area (Å²) in [6.07, 6.45) is 2.37. The van der Waals surface area contributed by atoms with Gasteiger partial charge in [0.1, 0.15) is 11.8 Å². The van der Waals surface area contributed by atoms with Crippen molar-refractivity contribution in [3.05, 3.63) is 0 Å². The smallest absolute Gasteiger partial charge is 0.390 e. The normalized spacial score (nSPS) is 27.8. The van der Waals surface area contributed by atoms with Crippen molar-refractivity contribution in [3.63, 3.8) is 0 Å². The fourth-order valence-corrected chi connectivity index (χ4v) is 2.81. The van der Waals surface area contributed by atoms with Crippen LogP contribution in [-0.4, -0.2) is 29.2 Å². The predicted molar refractivity (Wildman–Crippen MR) is 55.2 cm³/mol. The van der Waals surface area contributed by atoms with Crippen LogP contribution >= 0.6 is 7.60 Å². The maximum Gasteiger partial charge on any atom is 0.395 e. The van der Waals surface area contributed by atoms with Crippen molar-refractivity contribution in [1.29, 1.82) is 0 Å². The fraction of sp³-hybridized carbons (Fsp3) is 0.875. The van der Waals surface area contributed by atoms with E-state index in [4.69, 9.17) is 5.73 Å². The minimum atomic E-state index is -3.92. The minimum absolute atomic E-state index is 0.542. The Kier molecular flexibility index (Phi) is 4.28. The van der Waals surface area contributed by atoms with E-state index < -0.39 is 25.4 Å². The van der Waals surface area contributed by atoms with Crippen molar-refractivity contribution in [3.8, 4) is 0 Å². The summed E-state index contributed by atoms with van der Waals surface area (Å²) < 4.78 is 16.2. The van der Waals surface area contributed by atoms with Crippen LogP contribution < -0.4 is 11.1 Å². The lowest BCUT2D eigenvalue weighted by Gasteiger charge is -2.26. The predicted octanol–water partition coefficient (Wildman–Crippen LogP) is 0.162. The largest absolute Gasteiger partial charge is 0.395 e. The zero-order chi connectivity index (χ0) is 11.5. The van der Waals surface area contributed by atoms with E-state index in [9.17, 15) is 14.3 Å². The van der Waals surface area contributed by atoms with Gasteiger partial charge in [0, 0.05) is 0 Å². The quantitative estimate of drug-likeness (QED) is 0.603. The van der Waals surface area contributed by atoms with Gasteiger partial charge in [-0.05, 0) is 32.7 Å². The molecule has 0 aromatic rings. The molecule has 0 aromatic carbocycles. The molecule has 0 spiro atoms. The molecule has 0 bridgehead atoms. The van der Waals surface area contributed by atoms with Gasteiger partial charge in [-0.15, -0.1) is 0 Å². The number of hydrogen-bond acceptors (Lipinski definition) is 5. The van der Waals surface area contributed by atoms with Gasteiger partial charge in [0.15, 0.2) is 0 Å². The highest BCUT2D eigenvalue weighted by Gasteiger charge is 2.36. The van der Waals surface area contributed by atoms with Crippen molar-refractivity contribution in [1.82, 2.24) is 5.32 Å². The van der Waals surface area contributed by atoms with E-state index in [1.165, 1.54) is 6.92 Å². The Morgan fingerprint density at radius 1 is 1.67 bits per heavy atom. The lowest BCUT2D eigenvalue weighted by Crippen LogP contribution is -2.36. The highest BCUT2D eigenvalue weighted by Crippen LogP contribution is 2.49. The fourth-order valence-electron chi connectivity index (χ4n) is 1.39. The molecule has 15 heavy (non-hydrogen) atoms. The van der Waals surface area contributed by atoms with Crippen molar-refractivity contribution in [2.24, 2.45) is 5.73 Å². The lowest BCUT2D eigenvalue weighted by molar-refractivity contribution is -0.136. The highest BCUT2D eigenvalue weighted by molar-refractivity contribution is 7.54. The number of hydrogen-bond donors (Lipinski definition) is 3. The first-order valence-electron chi connectivity index (χ1n) is 4.98. The summed E-state index contributed by atoms with van der Waals surface area (Å²) in [7, 11) is -3.92. The van der Waals surface area contributed by atoms with Crippen LogP contribution in [0.2, 0.25) is 0 Å². The summed E-state index contributed by atoms with van der Waals surface area (Å²) in [6.45, 7) is 2.08.